The van der Waals surface area contributed by atoms with Crippen molar-refractivity contribution in [2.75, 3.05) is 7.11 Å². The molecule has 0 aromatic heterocycles. The highest BCUT2D eigenvalue weighted by atomic mass is 16.5. The van der Waals surface area contributed by atoms with E-state index in [4.69, 9.17) is 4.74 Å². The van der Waals surface area contributed by atoms with E-state index in [9.17, 15) is 5.11 Å². The van der Waals surface area contributed by atoms with Crippen molar-refractivity contribution in [3.05, 3.63) is 42.0 Å². The van der Waals surface area contributed by atoms with Gasteiger partial charge < -0.3 is 9.84 Å². The van der Waals surface area contributed by atoms with Gasteiger partial charge in [-0.3, -0.25) is 0 Å². The average Bonchev–Trinajstić information content (AvgIpc) is 2.16. The molecule has 1 atom stereocenters. The second kappa shape index (κ2) is 4.10. The van der Waals surface area contributed by atoms with E-state index in [0.717, 1.165) is 16.9 Å². The van der Waals surface area contributed by atoms with Gasteiger partial charge in [-0.05, 0) is 30.2 Å². The van der Waals surface area contributed by atoms with Crippen LogP contribution in [0.25, 0.3) is 0 Å². The molecule has 0 saturated carbocycles. The summed E-state index contributed by atoms with van der Waals surface area (Å²) in [5.74, 6) is 0.803. The highest BCUT2D eigenvalue weighted by Gasteiger charge is 2.06. The number of aryl methyl sites for hydroxylation is 1. The van der Waals surface area contributed by atoms with E-state index in [-0.39, 0.29) is 0 Å². The Morgan fingerprint density at radius 2 is 2.23 bits per heavy atom. The first-order valence-corrected chi connectivity index (χ1v) is 4.14. The van der Waals surface area contributed by atoms with Crippen LogP contribution in [0.1, 0.15) is 17.2 Å². The molecular formula is C11H14O2. The van der Waals surface area contributed by atoms with Gasteiger partial charge in [-0.2, -0.15) is 0 Å². The maximum Gasteiger partial charge on any atom is 0.119 e. The van der Waals surface area contributed by atoms with Crippen LogP contribution in [0.2, 0.25) is 0 Å². The van der Waals surface area contributed by atoms with Gasteiger partial charge in [0.1, 0.15) is 5.75 Å². The molecule has 1 rings (SSSR count). The molecule has 0 radical (unpaired) electrons. The van der Waals surface area contributed by atoms with E-state index in [2.05, 4.69) is 6.58 Å². The molecule has 70 valence electrons. The summed E-state index contributed by atoms with van der Waals surface area (Å²) in [5.41, 5.74) is 1.88. The molecule has 0 heterocycles. The number of hydrogen-bond donors (Lipinski definition) is 1. The van der Waals surface area contributed by atoms with Gasteiger partial charge >= 0.3 is 0 Å². The number of aliphatic hydroxyl groups is 1. The smallest absolute Gasteiger partial charge is 0.119 e. The summed E-state index contributed by atoms with van der Waals surface area (Å²) >= 11 is 0. The third-order valence-corrected chi connectivity index (χ3v) is 2.02. The molecular weight excluding hydrogens is 164 g/mol. The van der Waals surface area contributed by atoms with Gasteiger partial charge in [0.25, 0.3) is 0 Å². The zero-order chi connectivity index (χ0) is 9.84. The summed E-state index contributed by atoms with van der Waals surface area (Å²) in [6.45, 7) is 5.47. The molecule has 0 amide bonds. The van der Waals surface area contributed by atoms with E-state index >= 15 is 0 Å². The number of benzene rings is 1. The van der Waals surface area contributed by atoms with Gasteiger partial charge in [-0.25, -0.2) is 0 Å². The first-order valence-electron chi connectivity index (χ1n) is 4.14. The Labute approximate surface area is 78.5 Å². The Bertz CT molecular complexity index is 305. The van der Waals surface area contributed by atoms with Crippen molar-refractivity contribution in [1.82, 2.24) is 0 Å². The van der Waals surface area contributed by atoms with Crippen LogP contribution in [-0.2, 0) is 0 Å². The van der Waals surface area contributed by atoms with Crippen LogP contribution in [0, 0.1) is 6.92 Å². The molecule has 0 aliphatic rings. The van der Waals surface area contributed by atoms with Crippen LogP contribution >= 0.6 is 0 Å². The van der Waals surface area contributed by atoms with Crippen LogP contribution in [0.15, 0.2) is 30.9 Å². The van der Waals surface area contributed by atoms with Gasteiger partial charge in [0.15, 0.2) is 0 Å². The molecule has 0 aliphatic carbocycles. The van der Waals surface area contributed by atoms with Gasteiger partial charge in [-0.1, -0.05) is 12.1 Å². The lowest BCUT2D eigenvalue weighted by molar-refractivity contribution is 0.228. The molecule has 0 fully saturated rings. The molecule has 0 saturated heterocycles. The largest absolute Gasteiger partial charge is 0.497 e. The quantitative estimate of drug-likeness (QED) is 0.719. The van der Waals surface area contributed by atoms with E-state index in [1.165, 1.54) is 6.08 Å². The van der Waals surface area contributed by atoms with Crippen LogP contribution < -0.4 is 4.74 Å². The molecule has 1 aromatic rings. The zero-order valence-corrected chi connectivity index (χ0v) is 7.95. The van der Waals surface area contributed by atoms with Gasteiger partial charge in [-0.15, -0.1) is 6.58 Å². The summed E-state index contributed by atoms with van der Waals surface area (Å²) in [6, 6.07) is 5.57. The summed E-state index contributed by atoms with van der Waals surface area (Å²) in [4.78, 5) is 0. The van der Waals surface area contributed by atoms with Crippen molar-refractivity contribution in [3.8, 4) is 5.75 Å². The highest BCUT2D eigenvalue weighted by molar-refractivity contribution is 5.37. The fourth-order valence-corrected chi connectivity index (χ4v) is 1.23. The lowest BCUT2D eigenvalue weighted by atomic mass is 10.0. The Balaban J connectivity index is 3.04. The Kier molecular flexibility index (Phi) is 3.09. The molecule has 0 bridgehead atoms. The third-order valence-electron chi connectivity index (χ3n) is 2.02. The molecule has 2 heteroatoms. The van der Waals surface area contributed by atoms with Gasteiger partial charge in [0.05, 0.1) is 13.2 Å². The summed E-state index contributed by atoms with van der Waals surface area (Å²) in [7, 11) is 1.62. The fraction of sp³-hybridized carbons (Fsp3) is 0.273. The minimum Gasteiger partial charge on any atom is -0.497 e. The molecule has 1 N–H and O–H groups in total. The highest BCUT2D eigenvalue weighted by Crippen LogP contribution is 2.22. The van der Waals surface area contributed by atoms with Crippen molar-refractivity contribution in [2.24, 2.45) is 0 Å². The number of rotatable bonds is 3. The maximum atomic E-state index is 9.51. The van der Waals surface area contributed by atoms with Crippen LogP contribution in [-0.4, -0.2) is 12.2 Å². The number of methoxy groups -OCH3 is 1. The summed E-state index contributed by atoms with van der Waals surface area (Å²) in [6.07, 6.45) is 0.917. The van der Waals surface area contributed by atoms with Crippen LogP contribution in [0.4, 0.5) is 0 Å². The van der Waals surface area contributed by atoms with E-state index in [1.54, 1.807) is 7.11 Å². The monoisotopic (exact) mass is 178 g/mol. The lowest BCUT2D eigenvalue weighted by Gasteiger charge is -2.10. The second-order valence-electron chi connectivity index (χ2n) is 2.90. The van der Waals surface area contributed by atoms with E-state index in [1.807, 2.05) is 25.1 Å². The lowest BCUT2D eigenvalue weighted by Crippen LogP contribution is -1.96. The van der Waals surface area contributed by atoms with Gasteiger partial charge in [0.2, 0.25) is 0 Å². The first kappa shape index (κ1) is 9.81. The number of aliphatic hydroxyl groups excluding tert-OH is 1. The predicted octanol–water partition coefficient (Wildman–Crippen LogP) is 2.22. The zero-order valence-electron chi connectivity index (χ0n) is 7.95. The molecule has 0 spiro atoms. The summed E-state index contributed by atoms with van der Waals surface area (Å²) < 4.78 is 5.06. The number of hydrogen-bond acceptors (Lipinski definition) is 2. The minimum absolute atomic E-state index is 0.592. The molecule has 1 unspecified atom stereocenters. The Morgan fingerprint density at radius 3 is 2.69 bits per heavy atom. The van der Waals surface area contributed by atoms with Crippen LogP contribution in [0.5, 0.6) is 5.75 Å². The predicted molar refractivity (Wildman–Crippen MR) is 52.9 cm³/mol. The fourth-order valence-electron chi connectivity index (χ4n) is 1.23. The van der Waals surface area contributed by atoms with Crippen LogP contribution in [0.3, 0.4) is 0 Å². The van der Waals surface area contributed by atoms with Gasteiger partial charge in [0, 0.05) is 0 Å². The van der Waals surface area contributed by atoms with Crippen molar-refractivity contribution in [3.63, 3.8) is 0 Å². The third kappa shape index (κ3) is 2.10. The Hall–Kier alpha value is -1.28. The van der Waals surface area contributed by atoms with Crippen molar-refractivity contribution < 1.29 is 9.84 Å². The second-order valence-corrected chi connectivity index (χ2v) is 2.90. The van der Waals surface area contributed by atoms with Crippen molar-refractivity contribution >= 4 is 0 Å². The number of ether oxygens (including phenoxy) is 1. The maximum absolute atomic E-state index is 9.51. The molecule has 1 aromatic carbocycles. The summed E-state index contributed by atoms with van der Waals surface area (Å²) in [5, 5.41) is 9.51. The van der Waals surface area contributed by atoms with Crippen molar-refractivity contribution in [1.29, 1.82) is 0 Å². The molecule has 13 heavy (non-hydrogen) atoms. The topological polar surface area (TPSA) is 29.5 Å². The minimum atomic E-state index is -0.592. The SMILES string of the molecule is C=CC(O)c1ccc(OC)cc1C. The van der Waals surface area contributed by atoms with E-state index < -0.39 is 6.10 Å². The molecule has 2 nitrogen and oxygen atoms in total. The van der Waals surface area contributed by atoms with Crippen molar-refractivity contribution in [2.45, 2.75) is 13.0 Å². The molecule has 0 aliphatic heterocycles. The Morgan fingerprint density at radius 1 is 1.54 bits per heavy atom. The first-order chi connectivity index (χ1) is 6.19. The van der Waals surface area contributed by atoms with E-state index in [0.29, 0.717) is 0 Å². The standard InChI is InChI=1S/C11H14O2/c1-4-11(12)10-6-5-9(13-3)7-8(10)2/h4-7,11-12H,1H2,2-3H3. The normalized spacial score (nSPS) is 12.2. The average molecular weight is 178 g/mol.